The topological polar surface area (TPSA) is 26.3 Å². The van der Waals surface area contributed by atoms with Crippen LogP contribution >= 0.6 is 0 Å². The van der Waals surface area contributed by atoms with Crippen molar-refractivity contribution in [2.24, 2.45) is 5.41 Å². The van der Waals surface area contributed by atoms with Crippen LogP contribution in [0.5, 0.6) is 5.75 Å². The maximum Gasteiger partial charge on any atom is 0.416 e. The molecule has 0 aliphatic rings. The van der Waals surface area contributed by atoms with Gasteiger partial charge in [-0.2, -0.15) is 26.3 Å². The van der Waals surface area contributed by atoms with Crippen molar-refractivity contribution in [3.63, 3.8) is 0 Å². The second kappa shape index (κ2) is 15.8. The van der Waals surface area contributed by atoms with Gasteiger partial charge in [-0.1, -0.05) is 58.2 Å². The third-order valence-corrected chi connectivity index (χ3v) is 8.63. The Morgan fingerprint density at radius 1 is 0.659 bits per heavy atom. The number of carbonyl (C=O) groups is 1. The maximum atomic E-state index is 12.3. The van der Waals surface area contributed by atoms with E-state index in [1.165, 1.54) is 21.6 Å². The molecule has 4 aromatic carbocycles. The first-order chi connectivity index (χ1) is 19.6. The molecule has 0 fully saturated rings. The Labute approximate surface area is 259 Å². The van der Waals surface area contributed by atoms with E-state index in [4.69, 9.17) is 4.74 Å². The van der Waals surface area contributed by atoms with Gasteiger partial charge in [0.2, 0.25) is 0 Å². The monoisotopic (exact) mass is 637 g/mol. The fourth-order valence-corrected chi connectivity index (χ4v) is 5.75. The van der Waals surface area contributed by atoms with Gasteiger partial charge in [0.15, 0.2) is 14.7 Å². The zero-order valence-corrected chi connectivity index (χ0v) is 24.3. The highest BCUT2D eigenvalue weighted by molar-refractivity contribution is 7.97. The molecule has 0 spiro atoms. The number of esters is 1. The SMILES string of the molecule is C.C.CCC(C)(C)C(=O)Oc1ccc([S+](c2ccccc2)c2ccccc2)cc1.Cc1cc(C(F)(F)F)cc(C(F)(F)F)c1. The first-order valence-electron chi connectivity index (χ1n) is 13.0. The average molecular weight is 638 g/mol. The second-order valence-corrected chi connectivity index (χ2v) is 12.1. The Hall–Kier alpha value is -3.72. The summed E-state index contributed by atoms with van der Waals surface area (Å²) >= 11 is 0. The normalized spacial score (nSPS) is 11.4. The number of hydrogen-bond donors (Lipinski definition) is 0. The average Bonchev–Trinajstić information content (AvgIpc) is 2.94. The molecule has 2 nitrogen and oxygen atoms in total. The number of benzene rings is 4. The van der Waals surface area contributed by atoms with E-state index in [-0.39, 0.29) is 43.3 Å². The zero-order valence-electron chi connectivity index (χ0n) is 23.5. The van der Waals surface area contributed by atoms with Crippen molar-refractivity contribution in [1.29, 1.82) is 0 Å². The molecule has 4 rings (SSSR count). The van der Waals surface area contributed by atoms with E-state index in [1.54, 1.807) is 0 Å². The molecule has 0 radical (unpaired) electrons. The molecular formula is C35H39F6O2S+. The number of alkyl halides is 6. The molecule has 0 saturated carbocycles. The van der Waals surface area contributed by atoms with Gasteiger partial charge in [0, 0.05) is 0 Å². The van der Waals surface area contributed by atoms with E-state index >= 15 is 0 Å². The zero-order chi connectivity index (χ0) is 31.1. The van der Waals surface area contributed by atoms with Gasteiger partial charge in [-0.25, -0.2) is 0 Å². The molecule has 0 aliphatic carbocycles. The molecule has 0 bridgehead atoms. The summed E-state index contributed by atoms with van der Waals surface area (Å²) < 4.78 is 78.6. The van der Waals surface area contributed by atoms with Gasteiger partial charge in [-0.3, -0.25) is 4.79 Å². The fourth-order valence-electron chi connectivity index (χ4n) is 3.67. The summed E-state index contributed by atoms with van der Waals surface area (Å²) in [6.45, 7) is 7.00. The number of aryl methyl sites for hydroxylation is 1. The molecule has 0 heterocycles. The van der Waals surface area contributed by atoms with Crippen molar-refractivity contribution in [3.8, 4) is 5.75 Å². The van der Waals surface area contributed by atoms with Gasteiger partial charge in [0.1, 0.15) is 5.75 Å². The number of halogens is 6. The predicted octanol–water partition coefficient (Wildman–Crippen LogP) is 11.4. The second-order valence-electron chi connectivity index (χ2n) is 10.1. The molecule has 0 aliphatic heterocycles. The standard InChI is InChI=1S/C24H25O2S.C9H6F6.2CH4/c1-4-24(2,3)23(25)26-19-15-17-22(18-16-19)27(20-11-7-5-8-12-20)21-13-9-6-10-14-21;1-5-2-6(8(10,11)12)4-7(3-5)9(13,14)15;;/h5-18H,4H2,1-3H3;2-4H,1H3;2*1H4/q+1;;;. The van der Waals surface area contributed by atoms with Crippen LogP contribution in [0.1, 0.15) is 58.7 Å². The summed E-state index contributed by atoms with van der Waals surface area (Å²) in [7, 11) is -0.195. The van der Waals surface area contributed by atoms with Crippen LogP contribution in [-0.4, -0.2) is 5.97 Å². The molecular weight excluding hydrogens is 598 g/mol. The van der Waals surface area contributed by atoms with Crippen LogP contribution in [0.4, 0.5) is 26.3 Å². The molecule has 0 aromatic heterocycles. The highest BCUT2D eigenvalue weighted by Gasteiger charge is 2.36. The van der Waals surface area contributed by atoms with Crippen molar-refractivity contribution >= 4 is 16.9 Å². The van der Waals surface area contributed by atoms with Gasteiger partial charge >= 0.3 is 18.3 Å². The van der Waals surface area contributed by atoms with Crippen molar-refractivity contribution < 1.29 is 35.9 Å². The minimum atomic E-state index is -4.76. The maximum absolute atomic E-state index is 12.3. The van der Waals surface area contributed by atoms with Crippen molar-refractivity contribution in [1.82, 2.24) is 0 Å². The lowest BCUT2D eigenvalue weighted by Crippen LogP contribution is -2.28. The first kappa shape index (κ1) is 38.3. The summed E-state index contributed by atoms with van der Waals surface area (Å²) in [5.41, 5.74) is -3.11. The number of carbonyl (C=O) groups excluding carboxylic acids is 1. The van der Waals surface area contributed by atoms with Gasteiger partial charge < -0.3 is 4.74 Å². The number of rotatable bonds is 6. The molecule has 4 aromatic rings. The highest BCUT2D eigenvalue weighted by atomic mass is 32.2. The lowest BCUT2D eigenvalue weighted by Gasteiger charge is -2.20. The quantitative estimate of drug-likeness (QED) is 0.0910. The third kappa shape index (κ3) is 10.5. The minimum absolute atomic E-state index is 0. The van der Waals surface area contributed by atoms with E-state index in [0.717, 1.165) is 6.42 Å². The molecule has 0 amide bonds. The van der Waals surface area contributed by atoms with Crippen LogP contribution in [0.3, 0.4) is 0 Å². The molecule has 44 heavy (non-hydrogen) atoms. The third-order valence-electron chi connectivity index (χ3n) is 6.40. The fraction of sp³-hybridized carbons (Fsp3) is 0.286. The largest absolute Gasteiger partial charge is 0.426 e. The Kier molecular flexibility index (Phi) is 13.8. The lowest BCUT2D eigenvalue weighted by molar-refractivity contribution is -0.144. The van der Waals surface area contributed by atoms with Crippen LogP contribution in [0, 0.1) is 12.3 Å². The summed E-state index contributed by atoms with van der Waals surface area (Å²) in [5.74, 6) is 0.401. The summed E-state index contributed by atoms with van der Waals surface area (Å²) in [4.78, 5) is 16.0. The summed E-state index contributed by atoms with van der Waals surface area (Å²) in [6.07, 6.45) is -8.77. The summed E-state index contributed by atoms with van der Waals surface area (Å²) in [5, 5.41) is 0. The van der Waals surface area contributed by atoms with Gasteiger partial charge in [-0.15, -0.1) is 0 Å². The molecule has 0 N–H and O–H groups in total. The van der Waals surface area contributed by atoms with Gasteiger partial charge in [-0.05, 0) is 99.5 Å². The Balaban J connectivity index is 0.000000489. The van der Waals surface area contributed by atoms with Crippen molar-refractivity contribution in [2.75, 3.05) is 0 Å². The molecule has 0 atom stereocenters. The Morgan fingerprint density at radius 3 is 1.41 bits per heavy atom. The van der Waals surface area contributed by atoms with E-state index in [1.807, 2.05) is 45.0 Å². The molecule has 0 unspecified atom stereocenters. The Morgan fingerprint density at radius 2 is 1.05 bits per heavy atom. The number of hydrogen-bond acceptors (Lipinski definition) is 2. The predicted molar refractivity (Wildman–Crippen MR) is 166 cm³/mol. The summed E-state index contributed by atoms with van der Waals surface area (Å²) in [6, 6.07) is 30.4. The van der Waals surface area contributed by atoms with Crippen LogP contribution in [-0.2, 0) is 28.0 Å². The Bertz CT molecular complexity index is 1380. The van der Waals surface area contributed by atoms with E-state index in [2.05, 4.69) is 60.7 Å². The lowest BCUT2D eigenvalue weighted by atomic mass is 9.91. The van der Waals surface area contributed by atoms with Crippen LogP contribution < -0.4 is 4.74 Å². The van der Waals surface area contributed by atoms with Gasteiger partial charge in [0.25, 0.3) is 0 Å². The minimum Gasteiger partial charge on any atom is -0.426 e. The smallest absolute Gasteiger partial charge is 0.416 e. The van der Waals surface area contributed by atoms with Crippen LogP contribution in [0.15, 0.2) is 118 Å². The van der Waals surface area contributed by atoms with E-state index in [9.17, 15) is 31.1 Å². The highest BCUT2D eigenvalue weighted by Crippen LogP contribution is 2.36. The van der Waals surface area contributed by atoms with Gasteiger partial charge in [0.05, 0.1) is 27.4 Å². The first-order valence-corrected chi connectivity index (χ1v) is 14.3. The van der Waals surface area contributed by atoms with Crippen LogP contribution in [0.2, 0.25) is 0 Å². The number of ether oxygens (including phenoxy) is 1. The van der Waals surface area contributed by atoms with Crippen molar-refractivity contribution in [3.05, 3.63) is 120 Å². The van der Waals surface area contributed by atoms with E-state index < -0.39 is 28.9 Å². The molecule has 238 valence electrons. The van der Waals surface area contributed by atoms with Crippen molar-refractivity contribution in [2.45, 2.75) is 76.0 Å². The van der Waals surface area contributed by atoms with E-state index in [0.29, 0.717) is 17.9 Å². The van der Waals surface area contributed by atoms with Crippen LogP contribution in [0.25, 0.3) is 0 Å². The molecule has 0 saturated heterocycles. The molecule has 9 heteroatoms.